The molecule has 2 rings (SSSR count). The fourth-order valence-corrected chi connectivity index (χ4v) is 2.12. The summed E-state index contributed by atoms with van der Waals surface area (Å²) in [4.78, 5) is 4.18. The van der Waals surface area contributed by atoms with E-state index >= 15 is 0 Å². The second-order valence-electron chi connectivity index (χ2n) is 5.28. The topological polar surface area (TPSA) is 62.5 Å². The Morgan fingerprint density at radius 1 is 1.27 bits per heavy atom. The number of rotatable bonds is 5. The van der Waals surface area contributed by atoms with Crippen LogP contribution in [0.1, 0.15) is 36.8 Å². The van der Waals surface area contributed by atoms with E-state index in [2.05, 4.69) is 34.6 Å². The van der Waals surface area contributed by atoms with Gasteiger partial charge >= 0.3 is 0 Å². The van der Waals surface area contributed by atoms with Crippen molar-refractivity contribution in [2.45, 2.75) is 32.9 Å². The maximum Gasteiger partial charge on any atom is 0.191 e. The zero-order valence-corrected chi connectivity index (χ0v) is 13.8. The zero-order valence-electron chi connectivity index (χ0n) is 13.1. The molecule has 0 fully saturated rings. The molecule has 0 unspecified atom stereocenters. The Kier molecular flexibility index (Phi) is 5.83. The summed E-state index contributed by atoms with van der Waals surface area (Å²) in [6.07, 6.45) is 0. The number of nitrogens with zero attached hydrogens (tertiary/aromatic N) is 2. The molecule has 5 nitrogen and oxygen atoms in total. The highest BCUT2D eigenvalue weighted by molar-refractivity contribution is 6.30. The number of guanidine groups is 1. The molecule has 1 heterocycles. The SMILES string of the molecule is CN=C(NCc1cccc(Cl)c1)NCc1cc(C(C)C)no1. The normalized spacial score (nSPS) is 11.8. The minimum Gasteiger partial charge on any atom is -0.359 e. The average molecular weight is 321 g/mol. The van der Waals surface area contributed by atoms with Crippen LogP contribution in [0.25, 0.3) is 0 Å². The highest BCUT2D eigenvalue weighted by Crippen LogP contribution is 2.13. The van der Waals surface area contributed by atoms with Gasteiger partial charge in [0, 0.05) is 24.7 Å². The van der Waals surface area contributed by atoms with Crippen LogP contribution in [-0.2, 0) is 13.1 Å². The van der Waals surface area contributed by atoms with Gasteiger partial charge in [-0.05, 0) is 23.6 Å². The highest BCUT2D eigenvalue weighted by atomic mass is 35.5. The Bertz CT molecular complexity index is 637. The molecule has 0 aliphatic rings. The summed E-state index contributed by atoms with van der Waals surface area (Å²) in [5.41, 5.74) is 2.05. The van der Waals surface area contributed by atoms with Gasteiger partial charge in [0.05, 0.1) is 12.2 Å². The first-order chi connectivity index (χ1) is 10.6. The lowest BCUT2D eigenvalue weighted by atomic mass is 10.1. The molecule has 0 aliphatic carbocycles. The largest absolute Gasteiger partial charge is 0.359 e. The first-order valence-corrected chi connectivity index (χ1v) is 7.60. The molecule has 1 aromatic heterocycles. The third kappa shape index (κ3) is 4.77. The van der Waals surface area contributed by atoms with Crippen molar-refractivity contribution in [3.8, 4) is 0 Å². The minimum atomic E-state index is 0.359. The number of aliphatic imine (C=N–C) groups is 1. The number of benzene rings is 1. The van der Waals surface area contributed by atoms with Crippen LogP contribution in [0.2, 0.25) is 5.02 Å². The van der Waals surface area contributed by atoms with Crippen LogP contribution in [0, 0.1) is 0 Å². The van der Waals surface area contributed by atoms with Crippen molar-refractivity contribution in [3.05, 3.63) is 52.4 Å². The molecular weight excluding hydrogens is 300 g/mol. The predicted molar refractivity (Wildman–Crippen MR) is 89.1 cm³/mol. The summed E-state index contributed by atoms with van der Waals surface area (Å²) >= 11 is 5.97. The molecule has 6 heteroatoms. The van der Waals surface area contributed by atoms with Gasteiger partial charge in [-0.15, -0.1) is 0 Å². The molecule has 0 saturated carbocycles. The molecule has 0 saturated heterocycles. The fourth-order valence-electron chi connectivity index (χ4n) is 1.91. The second kappa shape index (κ2) is 7.84. The van der Waals surface area contributed by atoms with Crippen LogP contribution >= 0.6 is 11.6 Å². The van der Waals surface area contributed by atoms with Gasteiger partial charge in [0.2, 0.25) is 0 Å². The van der Waals surface area contributed by atoms with Crippen molar-refractivity contribution >= 4 is 17.6 Å². The van der Waals surface area contributed by atoms with E-state index in [1.165, 1.54) is 0 Å². The molecule has 0 radical (unpaired) electrons. The zero-order chi connectivity index (χ0) is 15.9. The average Bonchev–Trinajstić information content (AvgIpc) is 2.97. The monoisotopic (exact) mass is 320 g/mol. The number of halogens is 1. The standard InChI is InChI=1S/C16H21ClN4O/c1-11(2)15-8-14(22-21-15)10-20-16(18-3)19-9-12-5-4-6-13(17)7-12/h4-8,11H,9-10H2,1-3H3,(H2,18,19,20). The van der Waals surface area contributed by atoms with Crippen molar-refractivity contribution in [3.63, 3.8) is 0 Å². The molecular formula is C16H21ClN4O. The Hall–Kier alpha value is -2.01. The van der Waals surface area contributed by atoms with Crippen LogP contribution in [-0.4, -0.2) is 18.2 Å². The quantitative estimate of drug-likeness (QED) is 0.655. The fraction of sp³-hybridized carbons (Fsp3) is 0.375. The summed E-state index contributed by atoms with van der Waals surface area (Å²) < 4.78 is 5.29. The Balaban J connectivity index is 1.84. The van der Waals surface area contributed by atoms with Crippen molar-refractivity contribution in [1.82, 2.24) is 15.8 Å². The lowest BCUT2D eigenvalue weighted by molar-refractivity contribution is 0.372. The van der Waals surface area contributed by atoms with Crippen LogP contribution in [0.15, 0.2) is 39.8 Å². The molecule has 0 atom stereocenters. The molecule has 0 amide bonds. The summed E-state index contributed by atoms with van der Waals surface area (Å²) in [5, 5.41) is 11.2. The summed E-state index contributed by atoms with van der Waals surface area (Å²) in [5.74, 6) is 1.84. The minimum absolute atomic E-state index is 0.359. The van der Waals surface area contributed by atoms with Gasteiger partial charge in [-0.3, -0.25) is 4.99 Å². The van der Waals surface area contributed by atoms with Crippen molar-refractivity contribution in [2.75, 3.05) is 7.05 Å². The second-order valence-corrected chi connectivity index (χ2v) is 5.72. The molecule has 1 aromatic carbocycles. The summed E-state index contributed by atoms with van der Waals surface area (Å²) in [7, 11) is 1.73. The van der Waals surface area contributed by atoms with Crippen LogP contribution in [0.3, 0.4) is 0 Å². The number of hydrogen-bond acceptors (Lipinski definition) is 3. The van der Waals surface area contributed by atoms with Crippen molar-refractivity contribution in [1.29, 1.82) is 0 Å². The lowest BCUT2D eigenvalue weighted by Crippen LogP contribution is -2.36. The van der Waals surface area contributed by atoms with Gasteiger partial charge in [-0.1, -0.05) is 42.7 Å². The van der Waals surface area contributed by atoms with Crippen LogP contribution in [0.5, 0.6) is 0 Å². The van der Waals surface area contributed by atoms with E-state index in [0.29, 0.717) is 25.0 Å². The van der Waals surface area contributed by atoms with Crippen molar-refractivity contribution in [2.24, 2.45) is 4.99 Å². The van der Waals surface area contributed by atoms with E-state index in [1.807, 2.05) is 30.3 Å². The third-order valence-electron chi connectivity index (χ3n) is 3.17. The van der Waals surface area contributed by atoms with E-state index in [1.54, 1.807) is 7.05 Å². The van der Waals surface area contributed by atoms with Gasteiger partial charge in [0.15, 0.2) is 11.7 Å². The van der Waals surface area contributed by atoms with E-state index in [0.717, 1.165) is 22.0 Å². The Labute approximate surface area is 135 Å². The number of hydrogen-bond donors (Lipinski definition) is 2. The molecule has 0 bridgehead atoms. The van der Waals surface area contributed by atoms with Crippen LogP contribution in [0.4, 0.5) is 0 Å². The summed E-state index contributed by atoms with van der Waals surface area (Å²) in [6, 6.07) is 9.68. The molecule has 22 heavy (non-hydrogen) atoms. The highest BCUT2D eigenvalue weighted by Gasteiger charge is 2.08. The number of aromatic nitrogens is 1. The third-order valence-corrected chi connectivity index (χ3v) is 3.41. The van der Waals surface area contributed by atoms with Gasteiger partial charge < -0.3 is 15.2 Å². The van der Waals surface area contributed by atoms with E-state index < -0.39 is 0 Å². The van der Waals surface area contributed by atoms with E-state index in [9.17, 15) is 0 Å². The Morgan fingerprint density at radius 3 is 2.68 bits per heavy atom. The van der Waals surface area contributed by atoms with Gasteiger partial charge in [0.25, 0.3) is 0 Å². The van der Waals surface area contributed by atoms with E-state index in [4.69, 9.17) is 16.1 Å². The molecule has 0 spiro atoms. The molecule has 118 valence electrons. The molecule has 2 aromatic rings. The molecule has 0 aliphatic heterocycles. The van der Waals surface area contributed by atoms with Crippen LogP contribution < -0.4 is 10.6 Å². The first kappa shape index (κ1) is 16.4. The number of nitrogens with one attached hydrogen (secondary N) is 2. The smallest absolute Gasteiger partial charge is 0.191 e. The first-order valence-electron chi connectivity index (χ1n) is 7.23. The van der Waals surface area contributed by atoms with Gasteiger partial charge in [-0.2, -0.15) is 0 Å². The van der Waals surface area contributed by atoms with Gasteiger partial charge in [-0.25, -0.2) is 0 Å². The molecule has 2 N–H and O–H groups in total. The Morgan fingerprint density at radius 2 is 2.05 bits per heavy atom. The summed E-state index contributed by atoms with van der Waals surface area (Å²) in [6.45, 7) is 5.35. The predicted octanol–water partition coefficient (Wildman–Crippen LogP) is 3.32. The lowest BCUT2D eigenvalue weighted by Gasteiger charge is -2.10. The van der Waals surface area contributed by atoms with E-state index in [-0.39, 0.29) is 0 Å². The van der Waals surface area contributed by atoms with Crippen molar-refractivity contribution < 1.29 is 4.52 Å². The maximum atomic E-state index is 5.97. The maximum absolute atomic E-state index is 5.97. The van der Waals surface area contributed by atoms with Gasteiger partial charge in [0.1, 0.15) is 0 Å².